The summed E-state index contributed by atoms with van der Waals surface area (Å²) >= 11 is 0. The first-order chi connectivity index (χ1) is 8.69. The van der Waals surface area contributed by atoms with Crippen molar-refractivity contribution in [1.82, 2.24) is 10.2 Å². The van der Waals surface area contributed by atoms with Gasteiger partial charge >= 0.3 is 0 Å². The van der Waals surface area contributed by atoms with E-state index >= 15 is 0 Å². The predicted octanol–water partition coefficient (Wildman–Crippen LogP) is 2.88. The van der Waals surface area contributed by atoms with E-state index in [0.717, 1.165) is 35.9 Å². The summed E-state index contributed by atoms with van der Waals surface area (Å²) in [5.74, 6) is 2.80. The minimum Gasteiger partial charge on any atom is -0.315 e. The van der Waals surface area contributed by atoms with Gasteiger partial charge in [-0.25, -0.2) is 0 Å². The summed E-state index contributed by atoms with van der Waals surface area (Å²) in [7, 11) is 2.17. The van der Waals surface area contributed by atoms with Crippen LogP contribution in [0.5, 0.6) is 0 Å². The van der Waals surface area contributed by atoms with Crippen LogP contribution in [-0.2, 0) is 0 Å². The first-order valence-corrected chi connectivity index (χ1v) is 8.12. The van der Waals surface area contributed by atoms with E-state index in [1.54, 1.807) is 0 Å². The largest absolute Gasteiger partial charge is 0.315 e. The number of hydrogen-bond donors (Lipinski definition) is 1. The van der Waals surface area contributed by atoms with E-state index in [4.69, 9.17) is 0 Å². The van der Waals surface area contributed by atoms with E-state index in [-0.39, 0.29) is 0 Å². The molecule has 0 aliphatic heterocycles. The summed E-state index contributed by atoms with van der Waals surface area (Å²) in [5, 5.41) is 3.63. The molecular weight excluding hydrogens is 220 g/mol. The Balaban J connectivity index is 1.72. The molecular formula is C16H30N2. The topological polar surface area (TPSA) is 15.3 Å². The first kappa shape index (κ1) is 12.9. The Morgan fingerprint density at radius 3 is 2.33 bits per heavy atom. The van der Waals surface area contributed by atoms with Gasteiger partial charge in [0.05, 0.1) is 0 Å². The molecule has 0 aromatic rings. The van der Waals surface area contributed by atoms with Gasteiger partial charge in [0.15, 0.2) is 0 Å². The lowest BCUT2D eigenvalue weighted by atomic mass is 9.75. The van der Waals surface area contributed by atoms with Gasteiger partial charge in [-0.15, -0.1) is 0 Å². The fraction of sp³-hybridized carbons (Fsp3) is 1.00. The molecule has 2 nitrogen and oxygen atoms in total. The zero-order valence-electron chi connectivity index (χ0n) is 12.4. The molecule has 0 bridgehead atoms. The number of likely N-dealkylation sites (N-methyl/N-ethyl adjacent to an activating group) is 1. The highest BCUT2D eigenvalue weighted by molar-refractivity contribution is 5.00. The SMILES string of the molecule is CNC1CC(C)CC(C)C1N(CC1CC1)C1CC1. The number of nitrogens with one attached hydrogen (secondary N) is 1. The van der Waals surface area contributed by atoms with Gasteiger partial charge in [-0.3, -0.25) is 4.90 Å². The van der Waals surface area contributed by atoms with Crippen molar-refractivity contribution < 1.29 is 0 Å². The van der Waals surface area contributed by atoms with E-state index in [9.17, 15) is 0 Å². The third kappa shape index (κ3) is 2.75. The van der Waals surface area contributed by atoms with Crippen molar-refractivity contribution >= 4 is 0 Å². The van der Waals surface area contributed by atoms with Crippen LogP contribution < -0.4 is 5.32 Å². The second-order valence-corrected chi connectivity index (χ2v) is 7.31. The van der Waals surface area contributed by atoms with Crippen LogP contribution >= 0.6 is 0 Å². The highest BCUT2D eigenvalue weighted by Crippen LogP contribution is 2.41. The van der Waals surface area contributed by atoms with Crippen LogP contribution in [-0.4, -0.2) is 36.6 Å². The maximum atomic E-state index is 3.63. The van der Waals surface area contributed by atoms with Gasteiger partial charge in [0.25, 0.3) is 0 Å². The van der Waals surface area contributed by atoms with Gasteiger partial charge in [0.2, 0.25) is 0 Å². The molecule has 3 saturated carbocycles. The Kier molecular flexibility index (Phi) is 3.68. The van der Waals surface area contributed by atoms with Crippen LogP contribution in [0.1, 0.15) is 52.4 Å². The molecule has 0 amide bonds. The van der Waals surface area contributed by atoms with Crippen molar-refractivity contribution in [2.75, 3.05) is 13.6 Å². The molecule has 3 aliphatic rings. The van der Waals surface area contributed by atoms with Crippen molar-refractivity contribution in [2.45, 2.75) is 70.5 Å². The average Bonchev–Trinajstić information content (AvgIpc) is 3.18. The third-order valence-electron chi connectivity index (χ3n) is 5.36. The Morgan fingerprint density at radius 1 is 1.06 bits per heavy atom. The number of nitrogens with zero attached hydrogens (tertiary/aromatic N) is 1. The number of hydrogen-bond acceptors (Lipinski definition) is 2. The molecule has 104 valence electrons. The van der Waals surface area contributed by atoms with Crippen LogP contribution in [0.15, 0.2) is 0 Å². The van der Waals surface area contributed by atoms with Crippen LogP contribution in [0.3, 0.4) is 0 Å². The van der Waals surface area contributed by atoms with Crippen LogP contribution in [0.2, 0.25) is 0 Å². The summed E-state index contributed by atoms with van der Waals surface area (Å²) in [5.41, 5.74) is 0. The van der Waals surface area contributed by atoms with Crippen LogP contribution in [0, 0.1) is 17.8 Å². The van der Waals surface area contributed by atoms with Gasteiger partial charge in [-0.05, 0) is 63.3 Å². The Hall–Kier alpha value is -0.0800. The van der Waals surface area contributed by atoms with Gasteiger partial charge < -0.3 is 5.32 Å². The fourth-order valence-electron chi connectivity index (χ4n) is 4.21. The Labute approximate surface area is 113 Å². The molecule has 0 aromatic carbocycles. The van der Waals surface area contributed by atoms with E-state index in [1.807, 2.05) is 0 Å². The van der Waals surface area contributed by atoms with Gasteiger partial charge in [-0.2, -0.15) is 0 Å². The van der Waals surface area contributed by atoms with Crippen molar-refractivity contribution in [3.63, 3.8) is 0 Å². The van der Waals surface area contributed by atoms with Crippen molar-refractivity contribution in [3.8, 4) is 0 Å². The predicted molar refractivity (Wildman–Crippen MR) is 76.6 cm³/mol. The fourth-order valence-corrected chi connectivity index (χ4v) is 4.21. The van der Waals surface area contributed by atoms with Crippen molar-refractivity contribution in [2.24, 2.45) is 17.8 Å². The molecule has 3 fully saturated rings. The second-order valence-electron chi connectivity index (χ2n) is 7.31. The van der Waals surface area contributed by atoms with E-state index in [1.165, 1.54) is 45.1 Å². The van der Waals surface area contributed by atoms with Gasteiger partial charge in [0.1, 0.15) is 0 Å². The Bertz CT molecular complexity index is 283. The molecule has 0 radical (unpaired) electrons. The molecule has 0 spiro atoms. The summed E-state index contributed by atoms with van der Waals surface area (Å²) in [6, 6.07) is 2.46. The molecule has 18 heavy (non-hydrogen) atoms. The lowest BCUT2D eigenvalue weighted by molar-refractivity contribution is 0.0542. The molecule has 3 aliphatic carbocycles. The van der Waals surface area contributed by atoms with Crippen molar-refractivity contribution in [3.05, 3.63) is 0 Å². The van der Waals surface area contributed by atoms with Gasteiger partial charge in [0, 0.05) is 24.7 Å². The maximum Gasteiger partial charge on any atom is 0.0278 e. The molecule has 0 aromatic heterocycles. The third-order valence-corrected chi connectivity index (χ3v) is 5.36. The highest BCUT2D eigenvalue weighted by Gasteiger charge is 2.44. The molecule has 4 unspecified atom stereocenters. The summed E-state index contributed by atoms with van der Waals surface area (Å²) in [6.45, 7) is 6.32. The standard InChI is InChI=1S/C16H30N2/c1-11-8-12(2)16(15(9-11)17-3)18(14-6-7-14)10-13-4-5-13/h11-17H,4-10H2,1-3H3. The smallest absolute Gasteiger partial charge is 0.0278 e. The normalized spacial score (nSPS) is 41.3. The summed E-state index contributed by atoms with van der Waals surface area (Å²) in [6.07, 6.45) is 8.70. The van der Waals surface area contributed by atoms with Crippen LogP contribution in [0.4, 0.5) is 0 Å². The van der Waals surface area contributed by atoms with E-state index in [2.05, 4.69) is 31.1 Å². The molecule has 0 saturated heterocycles. The van der Waals surface area contributed by atoms with Gasteiger partial charge in [-0.1, -0.05) is 13.8 Å². The molecule has 2 heteroatoms. The molecule has 4 atom stereocenters. The van der Waals surface area contributed by atoms with Crippen LogP contribution in [0.25, 0.3) is 0 Å². The summed E-state index contributed by atoms with van der Waals surface area (Å²) < 4.78 is 0. The van der Waals surface area contributed by atoms with E-state index in [0.29, 0.717) is 0 Å². The molecule has 1 N–H and O–H groups in total. The monoisotopic (exact) mass is 250 g/mol. The van der Waals surface area contributed by atoms with Crippen molar-refractivity contribution in [1.29, 1.82) is 0 Å². The lowest BCUT2D eigenvalue weighted by Crippen LogP contribution is -2.57. The zero-order chi connectivity index (χ0) is 12.7. The molecule has 0 heterocycles. The highest BCUT2D eigenvalue weighted by atomic mass is 15.2. The maximum absolute atomic E-state index is 3.63. The summed E-state index contributed by atoms with van der Waals surface area (Å²) in [4.78, 5) is 2.91. The van der Waals surface area contributed by atoms with E-state index < -0.39 is 0 Å². The first-order valence-electron chi connectivity index (χ1n) is 8.12. The minimum atomic E-state index is 0.725. The molecule has 3 rings (SSSR count). The minimum absolute atomic E-state index is 0.725. The number of rotatable bonds is 5. The lowest BCUT2D eigenvalue weighted by Gasteiger charge is -2.46. The Morgan fingerprint density at radius 2 is 1.78 bits per heavy atom. The average molecular weight is 250 g/mol. The second kappa shape index (κ2) is 5.13. The zero-order valence-corrected chi connectivity index (χ0v) is 12.4. The quantitative estimate of drug-likeness (QED) is 0.807.